The van der Waals surface area contributed by atoms with Crippen molar-refractivity contribution in [3.63, 3.8) is 0 Å². The van der Waals surface area contributed by atoms with E-state index in [1.165, 1.54) is 11.8 Å². The largest absolute Gasteiger partial charge is 0.467 e. The zero-order valence-electron chi connectivity index (χ0n) is 13.6. The molecular weight excluding hydrogens is 362 g/mol. The normalized spacial score (nSPS) is 12.1. The summed E-state index contributed by atoms with van der Waals surface area (Å²) in [6.45, 7) is 4.07. The third kappa shape index (κ3) is 4.21. The Balaban J connectivity index is 1.66. The van der Waals surface area contributed by atoms with Crippen molar-refractivity contribution < 1.29 is 9.21 Å². The molecule has 2 aromatic heterocycles. The summed E-state index contributed by atoms with van der Waals surface area (Å²) in [5.74, 6) is 0.587. The van der Waals surface area contributed by atoms with Gasteiger partial charge in [-0.15, -0.1) is 5.10 Å². The quantitative estimate of drug-likeness (QED) is 0.662. The number of carbonyl (C=O) groups excluding carboxylic acids is 1. The van der Waals surface area contributed by atoms with E-state index in [0.29, 0.717) is 22.4 Å². The molecule has 0 aliphatic rings. The minimum Gasteiger partial charge on any atom is -0.467 e. The zero-order valence-corrected chi connectivity index (χ0v) is 15.2. The standard InChI is InChI=1S/C16H16ClN5O2S/c1-10-13(17)6-3-7-14(10)18-15(23)11(2)25-16-19-20-21-22(16)9-12-5-4-8-24-12/h3-8,11H,9H2,1-2H3,(H,18,23). The lowest BCUT2D eigenvalue weighted by molar-refractivity contribution is -0.115. The smallest absolute Gasteiger partial charge is 0.237 e. The minimum absolute atomic E-state index is 0.150. The van der Waals surface area contributed by atoms with E-state index in [4.69, 9.17) is 16.0 Å². The fourth-order valence-corrected chi connectivity index (χ4v) is 3.08. The molecule has 9 heteroatoms. The molecule has 1 amide bonds. The van der Waals surface area contributed by atoms with Crippen molar-refractivity contribution in [1.29, 1.82) is 0 Å². The molecule has 7 nitrogen and oxygen atoms in total. The molecule has 1 atom stereocenters. The van der Waals surface area contributed by atoms with Crippen LogP contribution in [-0.2, 0) is 11.3 Å². The first-order valence-electron chi connectivity index (χ1n) is 7.56. The second-order valence-electron chi connectivity index (χ2n) is 5.36. The summed E-state index contributed by atoms with van der Waals surface area (Å²) in [6, 6.07) is 9.04. The van der Waals surface area contributed by atoms with E-state index >= 15 is 0 Å². The van der Waals surface area contributed by atoms with Crippen molar-refractivity contribution in [1.82, 2.24) is 20.2 Å². The highest BCUT2D eigenvalue weighted by Crippen LogP contribution is 2.26. The Morgan fingerprint density at radius 2 is 2.24 bits per heavy atom. The maximum absolute atomic E-state index is 12.5. The Kier molecular flexibility index (Phi) is 5.40. The molecule has 3 rings (SSSR count). The van der Waals surface area contributed by atoms with Crippen molar-refractivity contribution in [3.8, 4) is 0 Å². The van der Waals surface area contributed by atoms with Gasteiger partial charge in [0.05, 0.1) is 11.5 Å². The number of nitrogens with zero attached hydrogens (tertiary/aromatic N) is 4. The molecule has 25 heavy (non-hydrogen) atoms. The number of amides is 1. The first-order valence-corrected chi connectivity index (χ1v) is 8.81. The van der Waals surface area contributed by atoms with E-state index in [2.05, 4.69) is 20.8 Å². The lowest BCUT2D eigenvalue weighted by Gasteiger charge is -2.13. The topological polar surface area (TPSA) is 85.8 Å². The summed E-state index contributed by atoms with van der Waals surface area (Å²) < 4.78 is 6.90. The van der Waals surface area contributed by atoms with Gasteiger partial charge in [0, 0.05) is 10.7 Å². The van der Waals surface area contributed by atoms with E-state index in [1.807, 2.05) is 19.1 Å². The molecule has 1 unspecified atom stereocenters. The van der Waals surface area contributed by atoms with E-state index < -0.39 is 0 Å². The van der Waals surface area contributed by atoms with Gasteiger partial charge in [0.2, 0.25) is 11.1 Å². The van der Waals surface area contributed by atoms with E-state index in [0.717, 1.165) is 11.3 Å². The molecule has 3 aromatic rings. The van der Waals surface area contributed by atoms with Crippen LogP contribution < -0.4 is 5.32 Å². The number of thioether (sulfide) groups is 1. The Hall–Kier alpha value is -2.32. The van der Waals surface area contributed by atoms with Crippen LogP contribution in [0.2, 0.25) is 5.02 Å². The number of nitrogens with one attached hydrogen (secondary N) is 1. The van der Waals surface area contributed by atoms with Crippen molar-refractivity contribution in [2.24, 2.45) is 0 Å². The number of carbonyl (C=O) groups is 1. The van der Waals surface area contributed by atoms with Gasteiger partial charge in [-0.05, 0) is 54.1 Å². The van der Waals surface area contributed by atoms with Gasteiger partial charge >= 0.3 is 0 Å². The highest BCUT2D eigenvalue weighted by Gasteiger charge is 2.20. The maximum Gasteiger partial charge on any atom is 0.237 e. The van der Waals surface area contributed by atoms with E-state index in [9.17, 15) is 4.79 Å². The van der Waals surface area contributed by atoms with Gasteiger partial charge in [-0.2, -0.15) is 0 Å². The number of anilines is 1. The van der Waals surface area contributed by atoms with Crippen molar-refractivity contribution in [3.05, 3.63) is 52.9 Å². The number of halogens is 1. The molecule has 0 aliphatic heterocycles. The molecule has 0 radical (unpaired) electrons. The predicted octanol–water partition coefficient (Wildman–Crippen LogP) is 3.40. The first-order chi connectivity index (χ1) is 12.0. The Bertz CT molecular complexity index is 865. The van der Waals surface area contributed by atoms with Gasteiger partial charge in [0.15, 0.2) is 0 Å². The second kappa shape index (κ2) is 7.71. The van der Waals surface area contributed by atoms with Gasteiger partial charge in [-0.1, -0.05) is 29.4 Å². The summed E-state index contributed by atoms with van der Waals surface area (Å²) >= 11 is 7.36. The highest BCUT2D eigenvalue weighted by atomic mass is 35.5. The maximum atomic E-state index is 12.5. The van der Waals surface area contributed by atoms with Crippen LogP contribution in [0.4, 0.5) is 5.69 Å². The fourth-order valence-electron chi connectivity index (χ4n) is 2.12. The number of aromatic nitrogens is 4. The van der Waals surface area contributed by atoms with Gasteiger partial charge in [0.25, 0.3) is 0 Å². The average molecular weight is 378 g/mol. The Morgan fingerprint density at radius 1 is 1.40 bits per heavy atom. The molecule has 0 bridgehead atoms. The first kappa shape index (κ1) is 17.5. The molecule has 0 saturated carbocycles. The fraction of sp³-hybridized carbons (Fsp3) is 0.250. The number of hydrogen-bond acceptors (Lipinski definition) is 6. The van der Waals surface area contributed by atoms with Crippen LogP contribution >= 0.6 is 23.4 Å². The summed E-state index contributed by atoms with van der Waals surface area (Å²) in [4.78, 5) is 12.5. The Morgan fingerprint density at radius 3 is 3.00 bits per heavy atom. The highest BCUT2D eigenvalue weighted by molar-refractivity contribution is 8.00. The lowest BCUT2D eigenvalue weighted by atomic mass is 10.2. The van der Waals surface area contributed by atoms with Gasteiger partial charge in [-0.25, -0.2) is 4.68 Å². The molecule has 1 N–H and O–H groups in total. The third-order valence-corrected chi connectivity index (χ3v) is 5.04. The molecule has 1 aromatic carbocycles. The van der Waals surface area contributed by atoms with Crippen LogP contribution in [0.15, 0.2) is 46.2 Å². The number of hydrogen-bond donors (Lipinski definition) is 1. The van der Waals surface area contributed by atoms with Crippen molar-refractivity contribution in [2.45, 2.75) is 30.8 Å². The predicted molar refractivity (Wildman–Crippen MR) is 95.8 cm³/mol. The van der Waals surface area contributed by atoms with Crippen LogP contribution in [0.5, 0.6) is 0 Å². The molecule has 2 heterocycles. The molecule has 0 fully saturated rings. The number of furan rings is 1. The van der Waals surface area contributed by atoms with Gasteiger partial charge < -0.3 is 9.73 Å². The van der Waals surface area contributed by atoms with Crippen LogP contribution in [0.25, 0.3) is 0 Å². The SMILES string of the molecule is Cc1c(Cl)cccc1NC(=O)C(C)Sc1nnnn1Cc1ccco1. The van der Waals surface area contributed by atoms with E-state index in [1.54, 1.807) is 36.1 Å². The number of rotatable bonds is 6. The van der Waals surface area contributed by atoms with Crippen LogP contribution in [-0.4, -0.2) is 31.4 Å². The van der Waals surface area contributed by atoms with Crippen LogP contribution in [0, 0.1) is 6.92 Å². The van der Waals surface area contributed by atoms with Crippen LogP contribution in [0.1, 0.15) is 18.2 Å². The Labute approximate surface area is 153 Å². The number of benzene rings is 1. The van der Waals surface area contributed by atoms with Crippen LogP contribution in [0.3, 0.4) is 0 Å². The number of tetrazole rings is 1. The summed E-state index contributed by atoms with van der Waals surface area (Å²) in [7, 11) is 0. The molecule has 130 valence electrons. The average Bonchev–Trinajstić information content (AvgIpc) is 3.25. The van der Waals surface area contributed by atoms with Gasteiger partial charge in [-0.3, -0.25) is 4.79 Å². The van der Waals surface area contributed by atoms with Crippen molar-refractivity contribution >= 4 is 35.0 Å². The molecule has 0 spiro atoms. The van der Waals surface area contributed by atoms with E-state index in [-0.39, 0.29) is 11.2 Å². The molecule has 0 saturated heterocycles. The zero-order chi connectivity index (χ0) is 17.8. The summed E-state index contributed by atoms with van der Waals surface area (Å²) in [6.07, 6.45) is 1.59. The minimum atomic E-state index is -0.389. The lowest BCUT2D eigenvalue weighted by Crippen LogP contribution is -2.23. The molecular formula is C16H16ClN5O2S. The summed E-state index contributed by atoms with van der Waals surface area (Å²) in [5.41, 5.74) is 1.53. The van der Waals surface area contributed by atoms with Gasteiger partial charge in [0.1, 0.15) is 12.3 Å². The monoisotopic (exact) mass is 377 g/mol. The second-order valence-corrected chi connectivity index (χ2v) is 7.08. The summed E-state index contributed by atoms with van der Waals surface area (Å²) in [5, 5.41) is 15.2. The van der Waals surface area contributed by atoms with Crippen molar-refractivity contribution in [2.75, 3.05) is 5.32 Å². The third-order valence-electron chi connectivity index (χ3n) is 3.56. The molecule has 0 aliphatic carbocycles.